The van der Waals surface area contributed by atoms with Crippen LogP contribution >= 0.6 is 0 Å². The molecule has 0 spiro atoms. The molecule has 3 nitrogen and oxygen atoms in total. The second-order valence-electron chi connectivity index (χ2n) is 4.98. The zero-order valence-electron chi connectivity index (χ0n) is 9.74. The number of carbonyl (C=O) groups is 1. The topological polar surface area (TPSA) is 32.8 Å². The molecule has 1 aliphatic carbocycles. The average Bonchev–Trinajstić information content (AvgIpc) is 2.96. The Morgan fingerprint density at radius 3 is 2.47 bits per heavy atom. The van der Waals surface area contributed by atoms with Crippen molar-refractivity contribution in [1.29, 1.82) is 0 Å². The van der Waals surface area contributed by atoms with Gasteiger partial charge >= 0.3 is 0 Å². The summed E-state index contributed by atoms with van der Waals surface area (Å²) in [7, 11) is 1.91. The van der Waals surface area contributed by atoms with Crippen molar-refractivity contribution in [2.24, 2.45) is 5.92 Å². The van der Waals surface area contributed by atoms with Crippen LogP contribution in [0.5, 0.6) is 0 Å². The molecule has 1 aliphatic heterocycles. The third kappa shape index (κ3) is 2.71. The van der Waals surface area contributed by atoms with E-state index < -0.39 is 0 Å². The van der Waals surface area contributed by atoms with E-state index in [9.17, 15) is 4.79 Å². The lowest BCUT2D eigenvalue weighted by atomic mass is 9.89. The Balaban J connectivity index is 1.75. The van der Waals surface area contributed by atoms with Gasteiger partial charge in [0.05, 0.1) is 6.10 Å². The number of hydrogen-bond acceptors (Lipinski definition) is 2. The van der Waals surface area contributed by atoms with E-state index in [1.807, 2.05) is 18.9 Å². The highest BCUT2D eigenvalue weighted by atomic mass is 16.6. The summed E-state index contributed by atoms with van der Waals surface area (Å²) in [6.45, 7) is 2.88. The fraction of sp³-hybridized carbons (Fsp3) is 0.917. The predicted molar refractivity (Wildman–Crippen MR) is 58.5 cm³/mol. The molecular weight excluding hydrogens is 190 g/mol. The van der Waals surface area contributed by atoms with Crippen molar-refractivity contribution >= 4 is 5.91 Å². The molecule has 0 aromatic carbocycles. The molecule has 0 unspecified atom stereocenters. The number of carbonyl (C=O) groups excluding carboxylic acids is 1. The molecular formula is C12H21NO2. The first-order chi connectivity index (χ1) is 7.18. The number of amides is 1. The maximum Gasteiger partial charge on any atom is 0.254 e. The van der Waals surface area contributed by atoms with Crippen LogP contribution in [0.15, 0.2) is 0 Å². The Labute approximate surface area is 91.8 Å². The van der Waals surface area contributed by atoms with Gasteiger partial charge in [0.25, 0.3) is 5.91 Å². The molecule has 1 amide bonds. The summed E-state index contributed by atoms with van der Waals surface area (Å²) in [6, 6.07) is 0. The van der Waals surface area contributed by atoms with Crippen LogP contribution < -0.4 is 0 Å². The van der Waals surface area contributed by atoms with Crippen LogP contribution in [0.4, 0.5) is 0 Å². The summed E-state index contributed by atoms with van der Waals surface area (Å²) in [5.74, 6) is 0.898. The molecule has 0 bridgehead atoms. The molecule has 1 saturated heterocycles. The van der Waals surface area contributed by atoms with Gasteiger partial charge in [-0.2, -0.15) is 0 Å². The van der Waals surface area contributed by atoms with Crippen LogP contribution in [0.1, 0.15) is 39.0 Å². The van der Waals surface area contributed by atoms with Crippen LogP contribution in [0.2, 0.25) is 0 Å². The zero-order chi connectivity index (χ0) is 10.8. The van der Waals surface area contributed by atoms with Crippen LogP contribution in [0.3, 0.4) is 0 Å². The van der Waals surface area contributed by atoms with Gasteiger partial charge in [-0.05, 0) is 25.7 Å². The molecule has 0 aromatic heterocycles. The quantitative estimate of drug-likeness (QED) is 0.667. The summed E-state index contributed by atoms with van der Waals surface area (Å²) in [4.78, 5) is 13.7. The van der Waals surface area contributed by atoms with Crippen molar-refractivity contribution in [3.05, 3.63) is 0 Å². The van der Waals surface area contributed by atoms with Gasteiger partial charge in [0, 0.05) is 13.6 Å². The van der Waals surface area contributed by atoms with Crippen LogP contribution in [0.25, 0.3) is 0 Å². The Bertz CT molecular complexity index is 236. The third-order valence-electron chi connectivity index (χ3n) is 3.59. The molecule has 2 rings (SSSR count). The van der Waals surface area contributed by atoms with Crippen molar-refractivity contribution < 1.29 is 9.53 Å². The van der Waals surface area contributed by atoms with E-state index in [2.05, 4.69) is 0 Å². The Morgan fingerprint density at radius 1 is 1.33 bits per heavy atom. The van der Waals surface area contributed by atoms with E-state index in [0.29, 0.717) is 0 Å². The first kappa shape index (κ1) is 10.9. The lowest BCUT2D eigenvalue weighted by molar-refractivity contribution is -0.131. The summed E-state index contributed by atoms with van der Waals surface area (Å²) in [5.41, 5.74) is 0. The normalized spacial score (nSPS) is 31.3. The predicted octanol–water partition coefficient (Wildman–Crippen LogP) is 1.81. The van der Waals surface area contributed by atoms with Crippen LogP contribution in [0, 0.1) is 5.92 Å². The fourth-order valence-corrected chi connectivity index (χ4v) is 2.51. The van der Waals surface area contributed by atoms with Crippen molar-refractivity contribution in [2.75, 3.05) is 13.6 Å². The van der Waals surface area contributed by atoms with E-state index in [-0.39, 0.29) is 18.1 Å². The Hall–Kier alpha value is -0.570. The minimum absolute atomic E-state index is 0.140. The fourth-order valence-electron chi connectivity index (χ4n) is 2.51. The summed E-state index contributed by atoms with van der Waals surface area (Å²) < 4.78 is 5.20. The van der Waals surface area contributed by atoms with Gasteiger partial charge in [-0.1, -0.05) is 19.3 Å². The number of likely N-dealkylation sites (N-methyl/N-ethyl adjacent to an activating group) is 1. The van der Waals surface area contributed by atoms with Crippen molar-refractivity contribution in [2.45, 2.75) is 51.2 Å². The lowest BCUT2D eigenvalue weighted by Gasteiger charge is -2.26. The molecule has 86 valence electrons. The number of ether oxygens (including phenoxy) is 1. The smallest absolute Gasteiger partial charge is 0.254 e. The SMILES string of the molecule is C[C@@H]1O[C@H]1C(=O)N(C)CC1CCCCC1. The first-order valence-corrected chi connectivity index (χ1v) is 6.09. The van der Waals surface area contributed by atoms with E-state index in [1.165, 1.54) is 32.1 Å². The van der Waals surface area contributed by atoms with Crippen molar-refractivity contribution in [3.63, 3.8) is 0 Å². The molecule has 1 saturated carbocycles. The van der Waals surface area contributed by atoms with Gasteiger partial charge in [-0.15, -0.1) is 0 Å². The highest BCUT2D eigenvalue weighted by molar-refractivity contribution is 5.83. The summed E-state index contributed by atoms with van der Waals surface area (Å²) >= 11 is 0. The van der Waals surface area contributed by atoms with Gasteiger partial charge < -0.3 is 9.64 Å². The molecule has 3 heteroatoms. The molecule has 15 heavy (non-hydrogen) atoms. The van der Waals surface area contributed by atoms with Gasteiger partial charge in [-0.3, -0.25) is 4.79 Å². The second-order valence-corrected chi connectivity index (χ2v) is 4.98. The van der Waals surface area contributed by atoms with Crippen molar-refractivity contribution in [3.8, 4) is 0 Å². The second kappa shape index (κ2) is 4.52. The number of epoxide rings is 1. The van der Waals surface area contributed by atoms with E-state index >= 15 is 0 Å². The van der Waals surface area contributed by atoms with Gasteiger partial charge in [-0.25, -0.2) is 0 Å². The summed E-state index contributed by atoms with van der Waals surface area (Å²) in [5, 5.41) is 0. The number of hydrogen-bond donors (Lipinski definition) is 0. The van der Waals surface area contributed by atoms with E-state index in [4.69, 9.17) is 4.74 Å². The Morgan fingerprint density at radius 2 is 1.93 bits per heavy atom. The highest BCUT2D eigenvalue weighted by Gasteiger charge is 2.42. The maximum absolute atomic E-state index is 11.8. The minimum Gasteiger partial charge on any atom is -0.359 e. The molecule has 1 heterocycles. The highest BCUT2D eigenvalue weighted by Crippen LogP contribution is 2.26. The summed E-state index contributed by atoms with van der Waals surface area (Å²) in [6.07, 6.45) is 6.63. The average molecular weight is 211 g/mol. The largest absolute Gasteiger partial charge is 0.359 e. The van der Waals surface area contributed by atoms with Gasteiger partial charge in [0.2, 0.25) is 0 Å². The molecule has 0 radical (unpaired) electrons. The number of rotatable bonds is 3. The van der Waals surface area contributed by atoms with E-state index in [1.54, 1.807) is 0 Å². The lowest BCUT2D eigenvalue weighted by Crippen LogP contribution is -2.35. The molecule has 2 fully saturated rings. The minimum atomic E-state index is -0.140. The third-order valence-corrected chi connectivity index (χ3v) is 3.59. The van der Waals surface area contributed by atoms with Crippen molar-refractivity contribution in [1.82, 2.24) is 4.90 Å². The van der Waals surface area contributed by atoms with Gasteiger partial charge in [0.15, 0.2) is 6.10 Å². The van der Waals surface area contributed by atoms with Crippen LogP contribution in [-0.2, 0) is 9.53 Å². The van der Waals surface area contributed by atoms with Gasteiger partial charge in [0.1, 0.15) is 0 Å². The first-order valence-electron chi connectivity index (χ1n) is 6.09. The zero-order valence-corrected chi connectivity index (χ0v) is 9.74. The molecule has 0 aromatic rings. The van der Waals surface area contributed by atoms with Crippen LogP contribution in [-0.4, -0.2) is 36.6 Å². The standard InChI is InChI=1S/C12H21NO2/c1-9-11(15-9)12(14)13(2)8-10-6-4-3-5-7-10/h9-11H,3-8H2,1-2H3/t9-,11+/m0/s1. The van der Waals surface area contributed by atoms with E-state index in [0.717, 1.165) is 12.5 Å². The molecule has 0 N–H and O–H groups in total. The Kier molecular flexibility index (Phi) is 3.29. The maximum atomic E-state index is 11.8. The molecule has 2 aliphatic rings. The molecule has 2 atom stereocenters. The number of nitrogens with zero attached hydrogens (tertiary/aromatic N) is 1. The monoisotopic (exact) mass is 211 g/mol.